The minimum atomic E-state index is -0.730. The van der Waals surface area contributed by atoms with Crippen LogP contribution in [0.4, 0.5) is 4.39 Å². The summed E-state index contributed by atoms with van der Waals surface area (Å²) in [6, 6.07) is 6.43. The highest BCUT2D eigenvalue weighted by molar-refractivity contribution is 5.21. The molecule has 0 saturated carbocycles. The smallest absolute Gasteiger partial charge is 0.129 e. The lowest BCUT2D eigenvalue weighted by atomic mass is 9.95. The summed E-state index contributed by atoms with van der Waals surface area (Å²) in [5.41, 5.74) is 0.400. The third-order valence-corrected chi connectivity index (χ3v) is 2.95. The van der Waals surface area contributed by atoms with Gasteiger partial charge in [0.15, 0.2) is 0 Å². The molecule has 2 rings (SSSR count). The number of rotatable bonds is 2. The molecule has 0 radical (unpaired) electrons. The molecule has 2 N–H and O–H groups in total. The number of halogens is 1. The van der Waals surface area contributed by atoms with E-state index in [4.69, 9.17) is 0 Å². The van der Waals surface area contributed by atoms with E-state index in [9.17, 15) is 9.50 Å². The standard InChI is InChI=1S/C12H16FNO/c13-10-6-2-1-5-9(10)12(15)11-7-3-4-8-14-11/h1-2,5-6,11-12,14-15H,3-4,7-8H2/t11?,12-/m1/s1. The molecule has 1 aliphatic heterocycles. The number of hydrogen-bond acceptors (Lipinski definition) is 2. The van der Waals surface area contributed by atoms with Gasteiger partial charge in [0.2, 0.25) is 0 Å². The maximum atomic E-state index is 13.4. The van der Waals surface area contributed by atoms with Crippen molar-refractivity contribution in [3.63, 3.8) is 0 Å². The summed E-state index contributed by atoms with van der Waals surface area (Å²) >= 11 is 0. The van der Waals surface area contributed by atoms with Crippen LogP contribution >= 0.6 is 0 Å². The minimum absolute atomic E-state index is 0.00403. The van der Waals surface area contributed by atoms with Crippen LogP contribution in [0.15, 0.2) is 24.3 Å². The van der Waals surface area contributed by atoms with E-state index in [0.717, 1.165) is 25.8 Å². The summed E-state index contributed by atoms with van der Waals surface area (Å²) in [7, 11) is 0. The highest BCUT2D eigenvalue weighted by atomic mass is 19.1. The zero-order chi connectivity index (χ0) is 10.7. The Labute approximate surface area is 89.1 Å². The molecule has 2 atom stereocenters. The second-order valence-electron chi connectivity index (χ2n) is 4.02. The monoisotopic (exact) mass is 209 g/mol. The molecule has 1 aromatic rings. The van der Waals surface area contributed by atoms with Crippen molar-refractivity contribution in [3.05, 3.63) is 35.6 Å². The van der Waals surface area contributed by atoms with Crippen molar-refractivity contribution < 1.29 is 9.50 Å². The fraction of sp³-hybridized carbons (Fsp3) is 0.500. The maximum Gasteiger partial charge on any atom is 0.129 e. The third kappa shape index (κ3) is 2.36. The van der Waals surface area contributed by atoms with Crippen LogP contribution in [0.3, 0.4) is 0 Å². The van der Waals surface area contributed by atoms with Crippen LogP contribution in [-0.4, -0.2) is 17.7 Å². The zero-order valence-corrected chi connectivity index (χ0v) is 8.62. The Morgan fingerprint density at radius 3 is 2.80 bits per heavy atom. The Balaban J connectivity index is 2.12. The molecule has 1 aromatic carbocycles. The normalized spacial score (nSPS) is 23.7. The summed E-state index contributed by atoms with van der Waals surface area (Å²) in [6.07, 6.45) is 2.42. The molecule has 0 bridgehead atoms. The van der Waals surface area contributed by atoms with E-state index in [1.807, 2.05) is 0 Å². The molecule has 1 fully saturated rings. The Kier molecular flexibility index (Phi) is 3.34. The first-order chi connectivity index (χ1) is 7.29. The molecule has 0 aromatic heterocycles. The molecule has 1 heterocycles. The van der Waals surface area contributed by atoms with Crippen LogP contribution in [0, 0.1) is 5.82 Å². The molecular weight excluding hydrogens is 193 g/mol. The van der Waals surface area contributed by atoms with Gasteiger partial charge in [0.25, 0.3) is 0 Å². The average molecular weight is 209 g/mol. The lowest BCUT2D eigenvalue weighted by Crippen LogP contribution is -2.39. The molecule has 0 amide bonds. The Morgan fingerprint density at radius 1 is 1.33 bits per heavy atom. The van der Waals surface area contributed by atoms with E-state index in [1.54, 1.807) is 18.2 Å². The number of aliphatic hydroxyl groups excluding tert-OH is 1. The van der Waals surface area contributed by atoms with Crippen molar-refractivity contribution in [2.24, 2.45) is 0 Å². The van der Waals surface area contributed by atoms with Gasteiger partial charge >= 0.3 is 0 Å². The lowest BCUT2D eigenvalue weighted by Gasteiger charge is -2.28. The van der Waals surface area contributed by atoms with Crippen LogP contribution < -0.4 is 5.32 Å². The topological polar surface area (TPSA) is 32.3 Å². The largest absolute Gasteiger partial charge is 0.387 e. The molecule has 82 valence electrons. The molecular formula is C12H16FNO. The van der Waals surface area contributed by atoms with Gasteiger partial charge in [0.1, 0.15) is 5.82 Å². The number of aliphatic hydroxyl groups is 1. The predicted molar refractivity (Wildman–Crippen MR) is 57.0 cm³/mol. The maximum absolute atomic E-state index is 13.4. The van der Waals surface area contributed by atoms with E-state index >= 15 is 0 Å². The van der Waals surface area contributed by atoms with Gasteiger partial charge in [-0.1, -0.05) is 24.6 Å². The minimum Gasteiger partial charge on any atom is -0.387 e. The van der Waals surface area contributed by atoms with Gasteiger partial charge < -0.3 is 10.4 Å². The summed E-state index contributed by atoms with van der Waals surface area (Å²) in [6.45, 7) is 0.913. The van der Waals surface area contributed by atoms with Crippen molar-refractivity contribution in [1.82, 2.24) is 5.32 Å². The Hall–Kier alpha value is -0.930. The summed E-state index contributed by atoms with van der Waals surface area (Å²) in [5.74, 6) is -0.322. The zero-order valence-electron chi connectivity index (χ0n) is 8.62. The van der Waals surface area contributed by atoms with Gasteiger partial charge in [-0.05, 0) is 25.5 Å². The van der Waals surface area contributed by atoms with E-state index in [2.05, 4.69) is 5.32 Å². The Morgan fingerprint density at radius 2 is 2.13 bits per heavy atom. The van der Waals surface area contributed by atoms with Crippen molar-refractivity contribution in [2.75, 3.05) is 6.54 Å². The van der Waals surface area contributed by atoms with Crippen molar-refractivity contribution >= 4 is 0 Å². The molecule has 2 nitrogen and oxygen atoms in total. The van der Waals surface area contributed by atoms with Gasteiger partial charge in [-0.3, -0.25) is 0 Å². The first-order valence-electron chi connectivity index (χ1n) is 5.45. The van der Waals surface area contributed by atoms with Crippen LogP contribution in [-0.2, 0) is 0 Å². The van der Waals surface area contributed by atoms with Crippen LogP contribution in [0.25, 0.3) is 0 Å². The highest BCUT2D eigenvalue weighted by Crippen LogP contribution is 2.24. The molecule has 1 aliphatic rings. The molecule has 15 heavy (non-hydrogen) atoms. The van der Waals surface area contributed by atoms with Crippen LogP contribution in [0.2, 0.25) is 0 Å². The molecule has 0 spiro atoms. The van der Waals surface area contributed by atoms with Gasteiger partial charge in [-0.2, -0.15) is 0 Å². The van der Waals surface area contributed by atoms with Gasteiger partial charge in [-0.25, -0.2) is 4.39 Å². The summed E-state index contributed by atoms with van der Waals surface area (Å²) in [4.78, 5) is 0. The number of benzene rings is 1. The number of nitrogens with one attached hydrogen (secondary N) is 1. The first kappa shape index (κ1) is 10.6. The van der Waals surface area contributed by atoms with E-state index < -0.39 is 6.10 Å². The molecule has 1 saturated heterocycles. The van der Waals surface area contributed by atoms with Crippen LogP contribution in [0.1, 0.15) is 30.9 Å². The fourth-order valence-corrected chi connectivity index (χ4v) is 2.08. The molecule has 1 unspecified atom stereocenters. The average Bonchev–Trinajstić information content (AvgIpc) is 2.30. The van der Waals surface area contributed by atoms with Gasteiger partial charge in [-0.15, -0.1) is 0 Å². The van der Waals surface area contributed by atoms with Gasteiger partial charge in [0, 0.05) is 11.6 Å². The molecule has 3 heteroatoms. The summed E-state index contributed by atoms with van der Waals surface area (Å²) in [5, 5.41) is 13.3. The lowest BCUT2D eigenvalue weighted by molar-refractivity contribution is 0.110. The predicted octanol–water partition coefficient (Wildman–Crippen LogP) is 2.00. The SMILES string of the molecule is O[C@H](c1ccccc1F)C1CCCCN1. The first-order valence-corrected chi connectivity index (χ1v) is 5.45. The quantitative estimate of drug-likeness (QED) is 0.780. The number of piperidine rings is 1. The summed E-state index contributed by atoms with van der Waals surface area (Å²) < 4.78 is 13.4. The van der Waals surface area contributed by atoms with E-state index in [0.29, 0.717) is 5.56 Å². The second-order valence-corrected chi connectivity index (χ2v) is 4.02. The van der Waals surface area contributed by atoms with E-state index in [-0.39, 0.29) is 11.9 Å². The van der Waals surface area contributed by atoms with Crippen LogP contribution in [0.5, 0.6) is 0 Å². The van der Waals surface area contributed by atoms with E-state index in [1.165, 1.54) is 6.07 Å². The number of hydrogen-bond donors (Lipinski definition) is 2. The molecule has 0 aliphatic carbocycles. The van der Waals surface area contributed by atoms with Crippen molar-refractivity contribution in [1.29, 1.82) is 0 Å². The van der Waals surface area contributed by atoms with Crippen molar-refractivity contribution in [2.45, 2.75) is 31.4 Å². The fourth-order valence-electron chi connectivity index (χ4n) is 2.08. The highest BCUT2D eigenvalue weighted by Gasteiger charge is 2.24. The Bertz CT molecular complexity index is 323. The van der Waals surface area contributed by atoms with Gasteiger partial charge in [0.05, 0.1) is 6.10 Å². The third-order valence-electron chi connectivity index (χ3n) is 2.95. The second kappa shape index (κ2) is 4.73. The van der Waals surface area contributed by atoms with Crippen molar-refractivity contribution in [3.8, 4) is 0 Å².